The molecule has 7 rings (SSSR count). The number of aryl methyl sites for hydroxylation is 1. The first kappa shape index (κ1) is 42.3. The van der Waals surface area contributed by atoms with Crippen LogP contribution < -0.4 is 0 Å². The van der Waals surface area contributed by atoms with Crippen molar-refractivity contribution < 1.29 is 38.1 Å². The van der Waals surface area contributed by atoms with Gasteiger partial charge in [-0.2, -0.15) is 0 Å². The Kier molecular flexibility index (Phi) is 14.1. The average molecular weight is 813 g/mol. The predicted molar refractivity (Wildman–Crippen MR) is 235 cm³/mol. The molecule has 0 saturated carbocycles. The number of carbonyl (C=O) groups is 3. The van der Waals surface area contributed by atoms with Crippen LogP contribution in [0.25, 0.3) is 10.8 Å². The average Bonchev–Trinajstić information content (AvgIpc) is 3.32. The van der Waals surface area contributed by atoms with Gasteiger partial charge in [0.1, 0.15) is 24.2 Å². The monoisotopic (exact) mass is 812 g/mol. The van der Waals surface area contributed by atoms with Crippen molar-refractivity contribution in [3.05, 3.63) is 227 Å². The minimum atomic E-state index is -1.19. The van der Waals surface area contributed by atoms with Crippen LogP contribution in [0, 0.1) is 5.92 Å². The van der Waals surface area contributed by atoms with E-state index in [0.29, 0.717) is 17.5 Å². The van der Waals surface area contributed by atoms with Gasteiger partial charge in [-0.15, -0.1) is 0 Å². The molecule has 8 heteroatoms. The Morgan fingerprint density at radius 3 is 1.70 bits per heavy atom. The van der Waals surface area contributed by atoms with E-state index in [0.717, 1.165) is 38.6 Å². The third kappa shape index (κ3) is 9.95. The van der Waals surface area contributed by atoms with Crippen LogP contribution in [0.3, 0.4) is 0 Å². The van der Waals surface area contributed by atoms with Gasteiger partial charge in [0.2, 0.25) is 0 Å². The summed E-state index contributed by atoms with van der Waals surface area (Å²) >= 11 is 0. The molecule has 308 valence electrons. The number of esters is 3. The second kappa shape index (κ2) is 20.4. The van der Waals surface area contributed by atoms with Gasteiger partial charge in [-0.25, -0.2) is 9.59 Å². The van der Waals surface area contributed by atoms with Crippen LogP contribution in [0.2, 0.25) is 0 Å². The molecule has 7 aromatic rings. The van der Waals surface area contributed by atoms with Crippen LogP contribution in [-0.2, 0) is 51.9 Å². The van der Waals surface area contributed by atoms with Crippen molar-refractivity contribution in [1.29, 1.82) is 0 Å². The van der Waals surface area contributed by atoms with Gasteiger partial charge in [0.25, 0.3) is 0 Å². The Morgan fingerprint density at radius 1 is 0.590 bits per heavy atom. The maximum Gasteiger partial charge on any atom is 0.340 e. The molecular formula is C53H48O8. The van der Waals surface area contributed by atoms with Crippen molar-refractivity contribution in [2.24, 2.45) is 5.92 Å². The molecule has 0 aliphatic rings. The van der Waals surface area contributed by atoms with Gasteiger partial charge in [0.15, 0.2) is 6.10 Å². The summed E-state index contributed by atoms with van der Waals surface area (Å²) in [6.07, 6.45) is -1.56. The van der Waals surface area contributed by atoms with Crippen LogP contribution in [0.1, 0.15) is 56.3 Å². The first-order valence-corrected chi connectivity index (χ1v) is 20.3. The van der Waals surface area contributed by atoms with Gasteiger partial charge in [0, 0.05) is 7.11 Å². The number of fused-ring (bicyclic) bond motifs is 1. The number of carbonyl (C=O) groups excluding carboxylic acids is 3. The molecule has 61 heavy (non-hydrogen) atoms. The summed E-state index contributed by atoms with van der Waals surface area (Å²) in [6, 6.07) is 59.4. The molecule has 0 bridgehead atoms. The van der Waals surface area contributed by atoms with Crippen molar-refractivity contribution >= 4 is 28.7 Å². The molecule has 0 N–H and O–H groups in total. The second-order valence-electron chi connectivity index (χ2n) is 14.7. The summed E-state index contributed by atoms with van der Waals surface area (Å²) in [5, 5.41) is 1.76. The molecule has 0 saturated heterocycles. The molecule has 0 aliphatic heterocycles. The summed E-state index contributed by atoms with van der Waals surface area (Å²) in [4.78, 5) is 41.7. The Hall–Kier alpha value is -6.87. The zero-order chi connectivity index (χ0) is 42.4. The predicted octanol–water partition coefficient (Wildman–Crippen LogP) is 10.2. The van der Waals surface area contributed by atoms with Crippen molar-refractivity contribution in [1.82, 2.24) is 0 Å². The van der Waals surface area contributed by atoms with Crippen molar-refractivity contribution in [3.63, 3.8) is 0 Å². The standard InChI is InChI=1S/C53H48O8/c1-57-49(41-21-10-4-11-22-41)52(56)61-48(34-33-40-24-18-23-39-31-32-42(35-46(39)40)50(54)58-2)47(51(55)59-36-38-19-8-3-9-20-38)37-60-53(43-25-12-5-13-26-43,44-27-14-6-15-28-44)45-29-16-7-17-30-45/h3-32,35,47-49H,33-34,36-37H2,1-2H3/t47-,48+,49+/m1/s1. The summed E-state index contributed by atoms with van der Waals surface area (Å²) < 4.78 is 30.6. The van der Waals surface area contributed by atoms with E-state index < -0.39 is 41.6 Å². The number of methoxy groups -OCH3 is 2. The highest BCUT2D eigenvalue weighted by Crippen LogP contribution is 2.41. The highest BCUT2D eigenvalue weighted by atomic mass is 16.6. The molecular weight excluding hydrogens is 765 g/mol. The van der Waals surface area contributed by atoms with E-state index in [2.05, 4.69) is 0 Å². The van der Waals surface area contributed by atoms with Gasteiger partial charge < -0.3 is 23.7 Å². The maximum absolute atomic E-state index is 14.8. The molecule has 0 spiro atoms. The Morgan fingerprint density at radius 2 is 1.15 bits per heavy atom. The van der Waals surface area contributed by atoms with Gasteiger partial charge in [-0.3, -0.25) is 4.79 Å². The zero-order valence-electron chi connectivity index (χ0n) is 34.2. The lowest BCUT2D eigenvalue weighted by atomic mass is 9.80. The quantitative estimate of drug-likeness (QED) is 0.0480. The number of hydrogen-bond acceptors (Lipinski definition) is 8. The molecule has 0 fully saturated rings. The fourth-order valence-corrected chi connectivity index (χ4v) is 7.79. The van der Waals surface area contributed by atoms with Crippen LogP contribution in [0.5, 0.6) is 0 Å². The first-order chi connectivity index (χ1) is 29.9. The highest BCUT2D eigenvalue weighted by Gasteiger charge is 2.42. The van der Waals surface area contributed by atoms with Crippen molar-refractivity contribution in [2.45, 2.75) is 37.3 Å². The molecule has 0 heterocycles. The minimum absolute atomic E-state index is 0.00236. The topological polar surface area (TPSA) is 97.4 Å². The van der Waals surface area contributed by atoms with Crippen LogP contribution in [0.15, 0.2) is 188 Å². The molecule has 0 amide bonds. The van der Waals surface area contributed by atoms with E-state index >= 15 is 0 Å². The van der Waals surface area contributed by atoms with E-state index in [-0.39, 0.29) is 19.6 Å². The smallest absolute Gasteiger partial charge is 0.340 e. The molecule has 3 atom stereocenters. The molecule has 7 aromatic carbocycles. The molecule has 0 radical (unpaired) electrons. The van der Waals surface area contributed by atoms with Crippen LogP contribution in [0.4, 0.5) is 0 Å². The number of ether oxygens (including phenoxy) is 5. The Labute approximate surface area is 356 Å². The zero-order valence-corrected chi connectivity index (χ0v) is 34.2. The van der Waals surface area contributed by atoms with Gasteiger partial charge in [0.05, 0.1) is 19.3 Å². The summed E-state index contributed by atoms with van der Waals surface area (Å²) in [5.74, 6) is -2.82. The lowest BCUT2D eigenvalue weighted by Crippen LogP contribution is -2.42. The summed E-state index contributed by atoms with van der Waals surface area (Å²) in [7, 11) is 2.80. The third-order valence-electron chi connectivity index (χ3n) is 10.9. The number of rotatable bonds is 18. The van der Waals surface area contributed by atoms with Crippen LogP contribution >= 0.6 is 0 Å². The SMILES string of the molecule is COC(=O)c1ccc2cccc(CC[C@H](OC(=O)[C@@H](OC)c3ccccc3)[C@@H](COC(c3ccccc3)(c3ccccc3)c3ccccc3)C(=O)OCc3ccccc3)c2c1. The highest BCUT2D eigenvalue weighted by molar-refractivity contribution is 5.96. The van der Waals surface area contributed by atoms with Gasteiger partial charge >= 0.3 is 17.9 Å². The summed E-state index contributed by atoms with van der Waals surface area (Å²) in [6.45, 7) is -0.197. The van der Waals surface area contributed by atoms with E-state index in [4.69, 9.17) is 23.7 Å². The molecule has 0 aromatic heterocycles. The second-order valence-corrected chi connectivity index (χ2v) is 14.7. The molecule has 8 nitrogen and oxygen atoms in total. The third-order valence-corrected chi connectivity index (χ3v) is 10.9. The fraction of sp³-hybridized carbons (Fsp3) is 0.189. The molecule has 0 aliphatic carbocycles. The first-order valence-electron chi connectivity index (χ1n) is 20.3. The molecule has 0 unspecified atom stereocenters. The lowest BCUT2D eigenvalue weighted by Gasteiger charge is -2.38. The normalized spacial score (nSPS) is 12.8. The lowest BCUT2D eigenvalue weighted by molar-refractivity contribution is -0.175. The minimum Gasteiger partial charge on any atom is -0.465 e. The van der Waals surface area contributed by atoms with E-state index in [1.807, 2.05) is 164 Å². The van der Waals surface area contributed by atoms with Crippen LogP contribution in [-0.4, -0.2) is 44.8 Å². The Bertz CT molecular complexity index is 2400. The summed E-state index contributed by atoms with van der Waals surface area (Å²) in [5.41, 5.74) is 4.06. The number of hydrogen-bond donors (Lipinski definition) is 0. The number of benzene rings is 7. The Balaban J connectivity index is 1.32. The van der Waals surface area contributed by atoms with Crippen molar-refractivity contribution in [3.8, 4) is 0 Å². The van der Waals surface area contributed by atoms with Crippen molar-refractivity contribution in [2.75, 3.05) is 20.8 Å². The largest absolute Gasteiger partial charge is 0.465 e. The van der Waals surface area contributed by atoms with E-state index in [1.54, 1.807) is 24.3 Å². The fourth-order valence-electron chi connectivity index (χ4n) is 7.79. The van der Waals surface area contributed by atoms with Gasteiger partial charge in [-0.05, 0) is 69.1 Å². The maximum atomic E-state index is 14.8. The van der Waals surface area contributed by atoms with E-state index in [1.165, 1.54) is 14.2 Å². The van der Waals surface area contributed by atoms with Gasteiger partial charge in [-0.1, -0.05) is 176 Å². The van der Waals surface area contributed by atoms with E-state index in [9.17, 15) is 14.4 Å².